The largest absolute Gasteiger partial charge is 0.356 e. The highest BCUT2D eigenvalue weighted by Crippen LogP contribution is 2.34. The van der Waals surface area contributed by atoms with Crippen molar-refractivity contribution >= 4 is 11.4 Å². The molecule has 1 N–H and O–H groups in total. The Balaban J connectivity index is 1.48. The SMILES string of the molecule is Cc1ccc(C(C)(C)c2ccc(Nc3ccc(C(C)(C)c4ccc(C)cc4)cc3)cc2)cc1. The maximum absolute atomic E-state index is 3.56. The molecule has 0 heterocycles. The van der Waals surface area contributed by atoms with Gasteiger partial charge in [0.1, 0.15) is 0 Å². The number of aryl methyl sites for hydroxylation is 2. The first-order valence-electron chi connectivity index (χ1n) is 11.8. The average molecular weight is 434 g/mol. The lowest BCUT2D eigenvalue weighted by molar-refractivity contribution is 0.641. The Bertz CT molecular complexity index is 1090. The normalized spacial score (nSPS) is 11.9. The van der Waals surface area contributed by atoms with E-state index in [9.17, 15) is 0 Å². The molecule has 1 nitrogen and oxygen atoms in total. The third kappa shape index (κ3) is 4.88. The summed E-state index contributed by atoms with van der Waals surface area (Å²) in [4.78, 5) is 0. The molecule has 0 amide bonds. The van der Waals surface area contributed by atoms with Crippen molar-refractivity contribution in [2.45, 2.75) is 52.4 Å². The van der Waals surface area contributed by atoms with Gasteiger partial charge in [-0.15, -0.1) is 0 Å². The molecule has 0 fully saturated rings. The van der Waals surface area contributed by atoms with Gasteiger partial charge in [0.25, 0.3) is 0 Å². The van der Waals surface area contributed by atoms with Gasteiger partial charge in [-0.3, -0.25) is 0 Å². The minimum Gasteiger partial charge on any atom is -0.356 e. The van der Waals surface area contributed by atoms with Crippen LogP contribution in [-0.4, -0.2) is 0 Å². The van der Waals surface area contributed by atoms with Gasteiger partial charge < -0.3 is 5.32 Å². The molecule has 0 saturated carbocycles. The zero-order chi connectivity index (χ0) is 23.6. The summed E-state index contributed by atoms with van der Waals surface area (Å²) in [5.41, 5.74) is 10.0. The average Bonchev–Trinajstić information content (AvgIpc) is 2.80. The van der Waals surface area contributed by atoms with Crippen LogP contribution in [0.3, 0.4) is 0 Å². The second kappa shape index (κ2) is 8.90. The molecule has 0 radical (unpaired) electrons. The van der Waals surface area contributed by atoms with Crippen LogP contribution < -0.4 is 5.32 Å². The van der Waals surface area contributed by atoms with Gasteiger partial charge in [-0.1, -0.05) is 112 Å². The van der Waals surface area contributed by atoms with Crippen molar-refractivity contribution in [1.29, 1.82) is 0 Å². The fourth-order valence-electron chi connectivity index (χ4n) is 4.38. The number of anilines is 2. The summed E-state index contributed by atoms with van der Waals surface area (Å²) < 4.78 is 0. The maximum atomic E-state index is 3.56. The molecule has 1 heteroatoms. The van der Waals surface area contributed by atoms with Gasteiger partial charge in [0.15, 0.2) is 0 Å². The molecule has 0 aliphatic heterocycles. The third-order valence-electron chi connectivity index (χ3n) is 7.05. The van der Waals surface area contributed by atoms with Gasteiger partial charge in [0.05, 0.1) is 0 Å². The van der Waals surface area contributed by atoms with Crippen LogP contribution in [0.1, 0.15) is 61.1 Å². The molecule has 168 valence electrons. The van der Waals surface area contributed by atoms with Crippen molar-refractivity contribution in [3.05, 3.63) is 130 Å². The third-order valence-corrected chi connectivity index (χ3v) is 7.05. The van der Waals surface area contributed by atoms with Crippen LogP contribution in [0.2, 0.25) is 0 Å². The van der Waals surface area contributed by atoms with Crippen molar-refractivity contribution in [2.75, 3.05) is 5.32 Å². The molecule has 4 aromatic carbocycles. The standard InChI is InChI=1S/C32H35N/c1-23-7-11-25(12-8-23)31(3,4)27-15-19-29(20-16-27)33-30-21-17-28(18-22-30)32(5,6)26-13-9-24(2)10-14-26/h7-22,33H,1-6H3. The van der Waals surface area contributed by atoms with Crippen molar-refractivity contribution in [1.82, 2.24) is 0 Å². The second-order valence-corrected chi connectivity index (χ2v) is 10.3. The van der Waals surface area contributed by atoms with Gasteiger partial charge in [-0.25, -0.2) is 0 Å². The first-order valence-corrected chi connectivity index (χ1v) is 11.8. The van der Waals surface area contributed by atoms with Gasteiger partial charge in [0, 0.05) is 22.2 Å². The fourth-order valence-corrected chi connectivity index (χ4v) is 4.38. The molecule has 33 heavy (non-hydrogen) atoms. The smallest absolute Gasteiger partial charge is 0.0384 e. The molecule has 4 aromatic rings. The lowest BCUT2D eigenvalue weighted by atomic mass is 9.78. The molecule has 0 atom stereocenters. The topological polar surface area (TPSA) is 12.0 Å². The van der Waals surface area contributed by atoms with E-state index in [0.717, 1.165) is 11.4 Å². The summed E-state index contributed by atoms with van der Waals surface area (Å²) in [5, 5.41) is 3.56. The number of rotatable bonds is 6. The molecule has 4 rings (SSSR count). The van der Waals surface area contributed by atoms with Crippen molar-refractivity contribution < 1.29 is 0 Å². The van der Waals surface area contributed by atoms with Gasteiger partial charge in [-0.2, -0.15) is 0 Å². The molecule has 0 aromatic heterocycles. The Morgan fingerprint density at radius 1 is 0.394 bits per heavy atom. The van der Waals surface area contributed by atoms with E-state index in [2.05, 4.69) is 144 Å². The Morgan fingerprint density at radius 2 is 0.636 bits per heavy atom. The summed E-state index contributed by atoms with van der Waals surface area (Å²) >= 11 is 0. The van der Waals surface area contributed by atoms with Gasteiger partial charge >= 0.3 is 0 Å². The summed E-state index contributed by atoms with van der Waals surface area (Å²) in [6.45, 7) is 13.4. The van der Waals surface area contributed by atoms with Crippen LogP contribution in [0.4, 0.5) is 11.4 Å². The molecule has 0 aliphatic carbocycles. The van der Waals surface area contributed by atoms with E-state index in [1.165, 1.54) is 33.4 Å². The van der Waals surface area contributed by atoms with E-state index in [1.807, 2.05) is 0 Å². The fraction of sp³-hybridized carbons (Fsp3) is 0.250. The number of hydrogen-bond donors (Lipinski definition) is 1. The van der Waals surface area contributed by atoms with E-state index >= 15 is 0 Å². The Labute approximate surface area is 199 Å². The van der Waals surface area contributed by atoms with Crippen LogP contribution in [0.15, 0.2) is 97.1 Å². The van der Waals surface area contributed by atoms with E-state index < -0.39 is 0 Å². The van der Waals surface area contributed by atoms with Crippen molar-refractivity contribution in [3.63, 3.8) is 0 Å². The molecule has 0 unspecified atom stereocenters. The maximum Gasteiger partial charge on any atom is 0.0384 e. The van der Waals surface area contributed by atoms with Crippen LogP contribution in [-0.2, 0) is 10.8 Å². The molecular weight excluding hydrogens is 398 g/mol. The zero-order valence-electron chi connectivity index (χ0n) is 20.7. The minimum absolute atomic E-state index is 0.0323. The second-order valence-electron chi connectivity index (χ2n) is 10.3. The van der Waals surface area contributed by atoms with E-state index in [4.69, 9.17) is 0 Å². The van der Waals surface area contributed by atoms with Crippen molar-refractivity contribution in [2.24, 2.45) is 0 Å². The van der Waals surface area contributed by atoms with E-state index in [-0.39, 0.29) is 10.8 Å². The highest BCUT2D eigenvalue weighted by atomic mass is 14.9. The Hall–Kier alpha value is -3.32. The van der Waals surface area contributed by atoms with Crippen LogP contribution >= 0.6 is 0 Å². The molecular formula is C32H35N. The van der Waals surface area contributed by atoms with Crippen molar-refractivity contribution in [3.8, 4) is 0 Å². The van der Waals surface area contributed by atoms with E-state index in [1.54, 1.807) is 0 Å². The number of hydrogen-bond acceptors (Lipinski definition) is 1. The molecule has 0 bridgehead atoms. The highest BCUT2D eigenvalue weighted by Gasteiger charge is 2.24. The predicted molar refractivity (Wildman–Crippen MR) is 143 cm³/mol. The quantitative estimate of drug-likeness (QED) is 0.320. The predicted octanol–water partition coefficient (Wildman–Crippen LogP) is 8.70. The first-order chi connectivity index (χ1) is 15.7. The monoisotopic (exact) mass is 433 g/mol. The van der Waals surface area contributed by atoms with Crippen LogP contribution in [0.5, 0.6) is 0 Å². The molecule has 0 spiro atoms. The number of nitrogens with one attached hydrogen (secondary N) is 1. The molecule has 0 aliphatic rings. The molecule has 0 saturated heterocycles. The zero-order valence-corrected chi connectivity index (χ0v) is 20.7. The van der Waals surface area contributed by atoms with Crippen LogP contribution in [0.25, 0.3) is 0 Å². The van der Waals surface area contributed by atoms with Gasteiger partial charge in [-0.05, 0) is 60.4 Å². The lowest BCUT2D eigenvalue weighted by Crippen LogP contribution is -2.19. The summed E-state index contributed by atoms with van der Waals surface area (Å²) in [7, 11) is 0. The summed E-state index contributed by atoms with van der Waals surface area (Å²) in [6, 6.07) is 35.4. The lowest BCUT2D eigenvalue weighted by Gasteiger charge is -2.27. The Morgan fingerprint density at radius 3 is 0.909 bits per heavy atom. The number of benzene rings is 4. The highest BCUT2D eigenvalue weighted by molar-refractivity contribution is 5.61. The summed E-state index contributed by atoms with van der Waals surface area (Å²) in [6.07, 6.45) is 0. The van der Waals surface area contributed by atoms with Gasteiger partial charge in [0.2, 0.25) is 0 Å². The summed E-state index contributed by atoms with van der Waals surface area (Å²) in [5.74, 6) is 0. The van der Waals surface area contributed by atoms with E-state index in [0.29, 0.717) is 0 Å². The Kier molecular flexibility index (Phi) is 6.17. The van der Waals surface area contributed by atoms with Crippen LogP contribution in [0, 0.1) is 13.8 Å². The minimum atomic E-state index is -0.0323. The first kappa shape index (κ1) is 22.9.